The lowest BCUT2D eigenvalue weighted by molar-refractivity contribution is -0.386. The number of rotatable bonds is 7. The molecule has 0 fully saturated rings. The van der Waals surface area contributed by atoms with E-state index in [1.807, 2.05) is 0 Å². The molecule has 0 unspecified atom stereocenters. The highest BCUT2D eigenvalue weighted by Crippen LogP contribution is 2.32. The first-order valence-electron chi connectivity index (χ1n) is 7.51. The van der Waals surface area contributed by atoms with E-state index in [1.165, 1.54) is 0 Å². The zero-order chi connectivity index (χ0) is 18.4. The van der Waals surface area contributed by atoms with Crippen molar-refractivity contribution >= 4 is 11.7 Å². The van der Waals surface area contributed by atoms with Crippen molar-refractivity contribution in [2.24, 2.45) is 5.73 Å². The van der Waals surface area contributed by atoms with Crippen molar-refractivity contribution in [2.75, 3.05) is 6.61 Å². The molecule has 0 aliphatic heterocycles. The van der Waals surface area contributed by atoms with Crippen molar-refractivity contribution in [1.29, 1.82) is 0 Å². The first-order chi connectivity index (χ1) is 11.9. The third kappa shape index (κ3) is 4.51. The zero-order valence-electron chi connectivity index (χ0n) is 13.4. The van der Waals surface area contributed by atoms with Crippen LogP contribution in [0.1, 0.15) is 18.6 Å². The van der Waals surface area contributed by atoms with E-state index in [0.29, 0.717) is 5.56 Å². The van der Waals surface area contributed by atoms with Crippen LogP contribution in [-0.2, 0) is 9.53 Å². The molecule has 0 spiro atoms. The quantitative estimate of drug-likeness (QED) is 0.469. The van der Waals surface area contributed by atoms with Crippen molar-refractivity contribution in [3.05, 3.63) is 70.0 Å². The molecular formula is C17H17FN2O5. The van der Waals surface area contributed by atoms with Crippen LogP contribution in [0.15, 0.2) is 48.5 Å². The minimum atomic E-state index is -1.22. The van der Waals surface area contributed by atoms with Crippen LogP contribution in [0.4, 0.5) is 10.1 Å². The number of nitrogens with zero attached hydrogens (tertiary/aromatic N) is 1. The summed E-state index contributed by atoms with van der Waals surface area (Å²) in [5.74, 6) is -1.67. The van der Waals surface area contributed by atoms with Gasteiger partial charge in [-0.3, -0.25) is 14.9 Å². The first-order valence-corrected chi connectivity index (χ1v) is 7.51. The summed E-state index contributed by atoms with van der Waals surface area (Å²) in [6, 6.07) is 10.2. The fourth-order valence-corrected chi connectivity index (χ4v) is 2.22. The van der Waals surface area contributed by atoms with Gasteiger partial charge in [0.1, 0.15) is 18.0 Å². The highest BCUT2D eigenvalue weighted by Gasteiger charge is 2.31. The van der Waals surface area contributed by atoms with Crippen molar-refractivity contribution in [3.63, 3.8) is 0 Å². The number of halogens is 1. The first kappa shape index (κ1) is 18.3. The molecule has 0 aromatic heterocycles. The van der Waals surface area contributed by atoms with E-state index in [0.717, 1.165) is 18.2 Å². The van der Waals surface area contributed by atoms with Crippen LogP contribution in [0, 0.1) is 15.9 Å². The largest absolute Gasteiger partial charge is 0.476 e. The SMILES string of the molecule is CCOC(=O)[C@@H](N)[C@H](Oc1ccc(F)cc1[N+](=O)[O-])c1ccccc1. The molecule has 0 saturated heterocycles. The number of ether oxygens (including phenoxy) is 2. The number of carbonyl (C=O) groups is 1. The monoisotopic (exact) mass is 348 g/mol. The van der Waals surface area contributed by atoms with Crippen LogP contribution < -0.4 is 10.5 Å². The second-order valence-corrected chi connectivity index (χ2v) is 5.10. The molecule has 0 radical (unpaired) electrons. The lowest BCUT2D eigenvalue weighted by Gasteiger charge is -2.24. The van der Waals surface area contributed by atoms with Crippen LogP contribution in [0.2, 0.25) is 0 Å². The third-order valence-corrected chi connectivity index (χ3v) is 3.38. The van der Waals surface area contributed by atoms with Gasteiger partial charge >= 0.3 is 11.7 Å². The smallest absolute Gasteiger partial charge is 0.327 e. The molecule has 0 aliphatic rings. The highest BCUT2D eigenvalue weighted by atomic mass is 19.1. The summed E-state index contributed by atoms with van der Waals surface area (Å²) in [6.07, 6.45) is -1.04. The average Bonchev–Trinajstić information content (AvgIpc) is 2.61. The summed E-state index contributed by atoms with van der Waals surface area (Å²) in [6.45, 7) is 1.76. The third-order valence-electron chi connectivity index (χ3n) is 3.38. The Balaban J connectivity index is 2.41. The van der Waals surface area contributed by atoms with Crippen LogP contribution in [-0.4, -0.2) is 23.5 Å². The summed E-state index contributed by atoms with van der Waals surface area (Å²) in [5.41, 5.74) is 5.91. The van der Waals surface area contributed by atoms with Gasteiger partial charge in [0.15, 0.2) is 5.75 Å². The standard InChI is InChI=1S/C17H17FN2O5/c1-2-24-17(21)15(19)16(11-6-4-3-5-7-11)25-14-9-8-12(18)10-13(14)20(22)23/h3-10,15-16H,2,19H2,1H3/t15-,16+/m0/s1. The van der Waals surface area contributed by atoms with Gasteiger partial charge in [-0.25, -0.2) is 4.39 Å². The maximum Gasteiger partial charge on any atom is 0.327 e. The molecule has 0 bridgehead atoms. The van der Waals surface area contributed by atoms with E-state index in [1.54, 1.807) is 37.3 Å². The van der Waals surface area contributed by atoms with Crippen LogP contribution >= 0.6 is 0 Å². The van der Waals surface area contributed by atoms with Gasteiger partial charge in [0.2, 0.25) is 0 Å². The van der Waals surface area contributed by atoms with E-state index >= 15 is 0 Å². The lowest BCUT2D eigenvalue weighted by Crippen LogP contribution is -2.40. The number of nitro groups is 1. The Morgan fingerprint density at radius 2 is 1.96 bits per heavy atom. The summed E-state index contributed by atoms with van der Waals surface area (Å²) < 4.78 is 23.8. The molecule has 0 saturated carbocycles. The Hall–Kier alpha value is -3.00. The van der Waals surface area contributed by atoms with Gasteiger partial charge in [-0.2, -0.15) is 0 Å². The lowest BCUT2D eigenvalue weighted by atomic mass is 10.0. The number of benzene rings is 2. The van der Waals surface area contributed by atoms with Gasteiger partial charge in [-0.05, 0) is 24.6 Å². The number of carbonyl (C=O) groups excluding carboxylic acids is 1. The van der Waals surface area contributed by atoms with Gasteiger partial charge in [0.25, 0.3) is 0 Å². The number of hydrogen-bond acceptors (Lipinski definition) is 6. The van der Waals surface area contributed by atoms with Crippen LogP contribution in [0.3, 0.4) is 0 Å². The van der Waals surface area contributed by atoms with Crippen LogP contribution in [0.25, 0.3) is 0 Å². The molecule has 2 aromatic rings. The second-order valence-electron chi connectivity index (χ2n) is 5.10. The number of nitrogens with two attached hydrogens (primary N) is 1. The molecule has 0 aliphatic carbocycles. The fraction of sp³-hybridized carbons (Fsp3) is 0.235. The van der Waals surface area contributed by atoms with E-state index in [2.05, 4.69) is 0 Å². The molecule has 8 heteroatoms. The Kier molecular flexibility index (Phi) is 6.02. The van der Waals surface area contributed by atoms with Gasteiger partial charge in [0.05, 0.1) is 17.6 Å². The van der Waals surface area contributed by atoms with Gasteiger partial charge in [-0.15, -0.1) is 0 Å². The Bertz CT molecular complexity index is 754. The molecule has 25 heavy (non-hydrogen) atoms. The minimum Gasteiger partial charge on any atom is -0.476 e. The highest BCUT2D eigenvalue weighted by molar-refractivity contribution is 5.76. The molecule has 0 heterocycles. The van der Waals surface area contributed by atoms with Gasteiger partial charge in [-0.1, -0.05) is 30.3 Å². The molecule has 2 rings (SSSR count). The summed E-state index contributed by atoms with van der Waals surface area (Å²) in [7, 11) is 0. The van der Waals surface area contributed by atoms with Crippen molar-refractivity contribution in [1.82, 2.24) is 0 Å². The van der Waals surface area contributed by atoms with Crippen LogP contribution in [0.5, 0.6) is 5.75 Å². The fourth-order valence-electron chi connectivity index (χ4n) is 2.22. The topological polar surface area (TPSA) is 105 Å². The van der Waals surface area contributed by atoms with Crippen molar-refractivity contribution in [3.8, 4) is 5.75 Å². The van der Waals surface area contributed by atoms with E-state index < -0.39 is 34.5 Å². The number of esters is 1. The maximum absolute atomic E-state index is 13.3. The molecular weight excluding hydrogens is 331 g/mol. The van der Waals surface area contributed by atoms with Gasteiger partial charge < -0.3 is 15.2 Å². The van der Waals surface area contributed by atoms with E-state index in [4.69, 9.17) is 15.2 Å². The number of nitro benzene ring substituents is 1. The second kappa shape index (κ2) is 8.20. The summed E-state index contributed by atoms with van der Waals surface area (Å²) in [5, 5.41) is 11.1. The molecule has 2 atom stereocenters. The Labute approximate surface area is 143 Å². The summed E-state index contributed by atoms with van der Waals surface area (Å²) in [4.78, 5) is 22.4. The van der Waals surface area contributed by atoms with Crippen molar-refractivity contribution < 1.29 is 23.6 Å². The molecule has 132 valence electrons. The normalized spacial score (nSPS) is 12.9. The summed E-state index contributed by atoms with van der Waals surface area (Å²) >= 11 is 0. The molecule has 7 nitrogen and oxygen atoms in total. The predicted molar refractivity (Wildman–Crippen MR) is 87.5 cm³/mol. The Morgan fingerprint density at radius 1 is 1.28 bits per heavy atom. The Morgan fingerprint density at radius 3 is 2.56 bits per heavy atom. The maximum atomic E-state index is 13.3. The minimum absolute atomic E-state index is 0.130. The predicted octanol–water partition coefficient (Wildman–Crippen LogP) is 2.74. The molecule has 2 aromatic carbocycles. The number of hydrogen-bond donors (Lipinski definition) is 1. The average molecular weight is 348 g/mol. The van der Waals surface area contributed by atoms with E-state index in [9.17, 15) is 19.3 Å². The van der Waals surface area contributed by atoms with Crippen molar-refractivity contribution in [2.45, 2.75) is 19.1 Å². The molecule has 2 N–H and O–H groups in total. The van der Waals surface area contributed by atoms with Gasteiger partial charge in [0, 0.05) is 0 Å². The zero-order valence-corrected chi connectivity index (χ0v) is 13.4. The molecule has 0 amide bonds. The van der Waals surface area contributed by atoms with E-state index in [-0.39, 0.29) is 12.4 Å².